The second kappa shape index (κ2) is 5.88. The van der Waals surface area contributed by atoms with E-state index in [1.165, 1.54) is 6.92 Å². The predicted molar refractivity (Wildman–Crippen MR) is 74.5 cm³/mol. The molecule has 1 atom stereocenters. The molecule has 0 aliphatic rings. The number of amides is 1. The van der Waals surface area contributed by atoms with E-state index in [4.69, 9.17) is 22.3 Å². The van der Waals surface area contributed by atoms with Crippen molar-refractivity contribution in [3.63, 3.8) is 0 Å². The van der Waals surface area contributed by atoms with Crippen molar-refractivity contribution in [1.29, 1.82) is 0 Å². The first-order valence-corrected chi connectivity index (χ1v) is 8.22. The van der Waals surface area contributed by atoms with E-state index in [9.17, 15) is 31.5 Å². The van der Waals surface area contributed by atoms with E-state index in [0.717, 1.165) is 12.1 Å². The Hall–Kier alpha value is -1.03. The van der Waals surface area contributed by atoms with E-state index in [0.29, 0.717) is 0 Å². The molecular weight excluding hydrogens is 370 g/mol. The van der Waals surface area contributed by atoms with Gasteiger partial charge < -0.3 is 10.4 Å². The number of carbonyl (C=O) groups excluding carboxylic acids is 1. The van der Waals surface area contributed by atoms with Gasteiger partial charge >= 0.3 is 6.18 Å². The lowest BCUT2D eigenvalue weighted by Crippen LogP contribution is -2.52. The normalized spacial score (nSPS) is 15.3. The lowest BCUT2D eigenvalue weighted by Gasteiger charge is -2.25. The third-order valence-electron chi connectivity index (χ3n) is 2.84. The highest BCUT2D eigenvalue weighted by molar-refractivity contribution is 8.13. The van der Waals surface area contributed by atoms with E-state index in [-0.39, 0.29) is 28.1 Å². The molecule has 0 bridgehead atoms. The van der Waals surface area contributed by atoms with Crippen LogP contribution in [-0.2, 0) is 13.8 Å². The van der Waals surface area contributed by atoms with Gasteiger partial charge in [0.05, 0.1) is 15.6 Å². The largest absolute Gasteiger partial charge is 0.426 e. The molecule has 124 valence electrons. The van der Waals surface area contributed by atoms with Gasteiger partial charge in [0, 0.05) is 10.7 Å². The van der Waals surface area contributed by atoms with Gasteiger partial charge in [-0.05, 0) is 31.5 Å². The van der Waals surface area contributed by atoms with E-state index in [1.54, 1.807) is 5.32 Å². The number of halogens is 5. The Morgan fingerprint density at radius 3 is 2.23 bits per heavy atom. The predicted octanol–water partition coefficient (Wildman–Crippen LogP) is 2.83. The van der Waals surface area contributed by atoms with Gasteiger partial charge in [-0.15, -0.1) is 0 Å². The fourth-order valence-electron chi connectivity index (χ4n) is 1.40. The molecule has 2 N–H and O–H groups in total. The van der Waals surface area contributed by atoms with Crippen LogP contribution < -0.4 is 5.32 Å². The topological polar surface area (TPSA) is 83.5 Å². The molecule has 0 spiro atoms. The highest BCUT2D eigenvalue weighted by Gasteiger charge is 2.55. The summed E-state index contributed by atoms with van der Waals surface area (Å²) in [4.78, 5) is 11.2. The third-order valence-corrected chi connectivity index (χ3v) is 4.80. The first-order valence-electron chi connectivity index (χ1n) is 5.54. The van der Waals surface area contributed by atoms with Crippen molar-refractivity contribution in [2.75, 3.05) is 5.32 Å². The first kappa shape index (κ1) is 19.0. The Morgan fingerprint density at radius 2 is 1.82 bits per heavy atom. The van der Waals surface area contributed by atoms with E-state index in [2.05, 4.69) is 0 Å². The second-order valence-electron chi connectivity index (χ2n) is 4.51. The molecule has 0 saturated heterocycles. The Labute approximate surface area is 133 Å². The number of hydrogen-bond acceptors (Lipinski definition) is 4. The van der Waals surface area contributed by atoms with Crippen molar-refractivity contribution in [2.45, 2.75) is 30.5 Å². The Kier molecular flexibility index (Phi) is 5.08. The fourth-order valence-corrected chi connectivity index (χ4v) is 2.87. The summed E-state index contributed by atoms with van der Waals surface area (Å²) in [5.74, 6) is -1.76. The monoisotopic (exact) mass is 379 g/mol. The van der Waals surface area contributed by atoms with Crippen LogP contribution in [0.4, 0.5) is 18.9 Å². The molecule has 0 heterocycles. The maximum Gasteiger partial charge on any atom is 0.426 e. The number of aliphatic hydroxyl groups is 1. The SMILES string of the molecule is Cc1c(S(=O)(=O)Cl)ccc(NC(=O)[C@@](C)(O)C(F)(F)F)c1Cl. The summed E-state index contributed by atoms with van der Waals surface area (Å²) >= 11 is 5.81. The van der Waals surface area contributed by atoms with Crippen LogP contribution in [0.25, 0.3) is 0 Å². The lowest BCUT2D eigenvalue weighted by molar-refractivity contribution is -0.242. The molecule has 0 aliphatic heterocycles. The van der Waals surface area contributed by atoms with Gasteiger partial charge in [0.25, 0.3) is 15.0 Å². The molecule has 0 unspecified atom stereocenters. The highest BCUT2D eigenvalue weighted by atomic mass is 35.7. The zero-order valence-corrected chi connectivity index (χ0v) is 13.5. The van der Waals surface area contributed by atoms with Crippen molar-refractivity contribution in [3.8, 4) is 0 Å². The van der Waals surface area contributed by atoms with Crippen molar-refractivity contribution in [3.05, 3.63) is 22.7 Å². The number of anilines is 1. The lowest BCUT2D eigenvalue weighted by atomic mass is 10.1. The van der Waals surface area contributed by atoms with Crippen LogP contribution in [0.5, 0.6) is 0 Å². The van der Waals surface area contributed by atoms with Crippen LogP contribution in [0, 0.1) is 6.92 Å². The average Bonchev–Trinajstić information content (AvgIpc) is 2.31. The summed E-state index contributed by atoms with van der Waals surface area (Å²) in [6.45, 7) is 1.54. The quantitative estimate of drug-likeness (QED) is 0.790. The standard InChI is InChI=1S/C11H10Cl2F3NO4S/c1-5-7(22(13,20)21)4-3-6(8(5)12)17-9(18)10(2,19)11(14,15)16/h3-4,19H,1-2H3,(H,17,18)/t10-/m1/s1. The highest BCUT2D eigenvalue weighted by Crippen LogP contribution is 2.35. The van der Waals surface area contributed by atoms with Crippen molar-refractivity contribution < 1.29 is 31.5 Å². The van der Waals surface area contributed by atoms with Gasteiger partial charge in [-0.25, -0.2) is 8.42 Å². The van der Waals surface area contributed by atoms with Gasteiger partial charge in [0.2, 0.25) is 5.60 Å². The molecule has 0 radical (unpaired) electrons. The molecule has 5 nitrogen and oxygen atoms in total. The molecule has 22 heavy (non-hydrogen) atoms. The summed E-state index contributed by atoms with van der Waals surface area (Å²) in [7, 11) is 1.06. The molecule has 1 aromatic carbocycles. The second-order valence-corrected chi connectivity index (χ2v) is 7.42. The number of rotatable bonds is 3. The van der Waals surface area contributed by atoms with Crippen LogP contribution in [0.2, 0.25) is 5.02 Å². The average molecular weight is 380 g/mol. The number of alkyl halides is 3. The summed E-state index contributed by atoms with van der Waals surface area (Å²) in [5, 5.41) is 10.7. The van der Waals surface area contributed by atoms with Crippen LogP contribution in [-0.4, -0.2) is 31.2 Å². The van der Waals surface area contributed by atoms with Gasteiger partial charge in [0.1, 0.15) is 0 Å². The minimum atomic E-state index is -5.20. The molecule has 0 saturated carbocycles. The summed E-state index contributed by atoms with van der Waals surface area (Å²) in [6, 6.07) is 1.94. The van der Waals surface area contributed by atoms with Gasteiger partial charge in [0.15, 0.2) is 0 Å². The number of hydrogen-bond donors (Lipinski definition) is 2. The van der Waals surface area contributed by atoms with Crippen LogP contribution >= 0.6 is 22.3 Å². The number of carbonyl (C=O) groups is 1. The minimum Gasteiger partial charge on any atom is -0.373 e. The van der Waals surface area contributed by atoms with Crippen LogP contribution in [0.1, 0.15) is 12.5 Å². The maximum atomic E-state index is 12.5. The molecular formula is C11H10Cl2F3NO4S. The van der Waals surface area contributed by atoms with E-state index >= 15 is 0 Å². The smallest absolute Gasteiger partial charge is 0.373 e. The molecule has 0 aromatic heterocycles. The summed E-state index contributed by atoms with van der Waals surface area (Å²) < 4.78 is 60.2. The molecule has 0 aliphatic carbocycles. The maximum absolute atomic E-state index is 12.5. The summed E-state index contributed by atoms with van der Waals surface area (Å²) in [6.07, 6.45) is -5.20. The number of benzene rings is 1. The third kappa shape index (κ3) is 3.65. The Balaban J connectivity index is 3.22. The van der Waals surface area contributed by atoms with Crippen LogP contribution in [0.3, 0.4) is 0 Å². The van der Waals surface area contributed by atoms with Crippen LogP contribution in [0.15, 0.2) is 17.0 Å². The molecule has 1 aromatic rings. The van der Waals surface area contributed by atoms with Gasteiger partial charge in [-0.2, -0.15) is 13.2 Å². The molecule has 1 rings (SSSR count). The minimum absolute atomic E-state index is 0.0545. The van der Waals surface area contributed by atoms with E-state index < -0.39 is 26.7 Å². The Bertz CT molecular complexity index is 717. The van der Waals surface area contributed by atoms with Gasteiger partial charge in [-0.3, -0.25) is 4.79 Å². The van der Waals surface area contributed by atoms with Gasteiger partial charge in [-0.1, -0.05) is 11.6 Å². The zero-order chi connectivity index (χ0) is 17.5. The van der Waals surface area contributed by atoms with Crippen molar-refractivity contribution in [2.24, 2.45) is 0 Å². The zero-order valence-electron chi connectivity index (χ0n) is 11.1. The molecule has 11 heteroatoms. The van der Waals surface area contributed by atoms with E-state index in [1.807, 2.05) is 0 Å². The first-order chi connectivity index (χ1) is 9.69. The molecule has 1 amide bonds. The summed E-state index contributed by atoms with van der Waals surface area (Å²) in [5.41, 5.74) is -3.99. The van der Waals surface area contributed by atoms with Crippen molar-refractivity contribution >= 4 is 42.9 Å². The molecule has 0 fully saturated rings. The van der Waals surface area contributed by atoms with Crippen molar-refractivity contribution in [1.82, 2.24) is 0 Å². The fraction of sp³-hybridized carbons (Fsp3) is 0.364. The number of nitrogens with one attached hydrogen (secondary N) is 1. The Morgan fingerprint density at radius 1 is 1.32 bits per heavy atom.